The van der Waals surface area contributed by atoms with Crippen LogP contribution in [0.25, 0.3) is 5.65 Å². The maximum atomic E-state index is 13.5. The van der Waals surface area contributed by atoms with Crippen LogP contribution in [0.2, 0.25) is 0 Å². The summed E-state index contributed by atoms with van der Waals surface area (Å²) >= 11 is 0. The largest absolute Gasteiger partial charge is 0.494 e. The molecule has 0 aliphatic carbocycles. The number of rotatable bonds is 8. The predicted molar refractivity (Wildman–Crippen MR) is 124 cm³/mol. The first kappa shape index (κ1) is 22.8. The van der Waals surface area contributed by atoms with E-state index in [9.17, 15) is 9.18 Å². The molecule has 2 N–H and O–H groups in total. The maximum absolute atomic E-state index is 13.5. The van der Waals surface area contributed by atoms with Crippen molar-refractivity contribution in [2.24, 2.45) is 0 Å². The average molecular weight is 457 g/mol. The number of carbonyl (C=O) groups is 1. The van der Waals surface area contributed by atoms with Crippen LogP contribution in [0.3, 0.4) is 0 Å². The van der Waals surface area contributed by atoms with Crippen LogP contribution in [0.4, 0.5) is 15.9 Å². The van der Waals surface area contributed by atoms with Gasteiger partial charge in [-0.2, -0.15) is 0 Å². The Bertz CT molecular complexity index is 1110. The van der Waals surface area contributed by atoms with Crippen molar-refractivity contribution in [1.82, 2.24) is 19.9 Å². The molecule has 0 radical (unpaired) electrons. The highest BCUT2D eigenvalue weighted by Gasteiger charge is 2.24. The number of benzene rings is 1. The van der Waals surface area contributed by atoms with Crippen molar-refractivity contribution in [2.45, 2.75) is 6.42 Å². The summed E-state index contributed by atoms with van der Waals surface area (Å²) in [4.78, 5) is 23.2. The third-order valence-electron chi connectivity index (χ3n) is 5.90. The zero-order chi connectivity index (χ0) is 23.4. The SMILES string of the molecule is COc1cc(F)ccc1N1CCN(CCCNc2c(C(=O)N(C)C)cnc3cc[nH][n+]23)CC1. The van der Waals surface area contributed by atoms with Gasteiger partial charge in [0.15, 0.2) is 0 Å². The van der Waals surface area contributed by atoms with Gasteiger partial charge in [0.1, 0.15) is 23.3 Å². The summed E-state index contributed by atoms with van der Waals surface area (Å²) in [5, 5.41) is 6.54. The van der Waals surface area contributed by atoms with Gasteiger partial charge in [0.25, 0.3) is 17.4 Å². The number of nitrogens with zero attached hydrogens (tertiary/aromatic N) is 5. The molecule has 2 aromatic heterocycles. The van der Waals surface area contributed by atoms with Crippen molar-refractivity contribution in [2.75, 3.05) is 70.7 Å². The molecule has 3 heterocycles. The molecule has 1 saturated heterocycles. The first-order valence-electron chi connectivity index (χ1n) is 11.1. The normalized spacial score (nSPS) is 14.5. The minimum atomic E-state index is -0.291. The van der Waals surface area contributed by atoms with E-state index in [0.717, 1.165) is 62.8 Å². The Balaban J connectivity index is 1.31. The Morgan fingerprint density at radius 3 is 2.79 bits per heavy atom. The second-order valence-corrected chi connectivity index (χ2v) is 8.30. The highest BCUT2D eigenvalue weighted by Crippen LogP contribution is 2.29. The van der Waals surface area contributed by atoms with Crippen molar-refractivity contribution in [3.05, 3.63) is 48.0 Å². The minimum absolute atomic E-state index is 0.0960. The molecular formula is C23H31FN7O2+. The Morgan fingerprint density at radius 2 is 2.06 bits per heavy atom. The lowest BCUT2D eigenvalue weighted by Gasteiger charge is -2.36. The number of ether oxygens (including phenoxy) is 1. The van der Waals surface area contributed by atoms with E-state index in [1.54, 1.807) is 49.1 Å². The fourth-order valence-corrected chi connectivity index (χ4v) is 4.13. The monoisotopic (exact) mass is 456 g/mol. The molecule has 4 rings (SSSR count). The van der Waals surface area contributed by atoms with E-state index in [1.165, 1.54) is 12.1 Å². The minimum Gasteiger partial charge on any atom is -0.494 e. The number of halogens is 1. The van der Waals surface area contributed by atoms with Crippen LogP contribution in [-0.2, 0) is 0 Å². The number of methoxy groups -OCH3 is 1. The van der Waals surface area contributed by atoms with Crippen LogP contribution in [0.5, 0.6) is 5.75 Å². The number of H-pyrrole nitrogens is 1. The van der Waals surface area contributed by atoms with Crippen molar-refractivity contribution in [1.29, 1.82) is 0 Å². The number of hydrogen-bond donors (Lipinski definition) is 2. The van der Waals surface area contributed by atoms with Crippen LogP contribution < -0.4 is 19.5 Å². The average Bonchev–Trinajstić information content (AvgIpc) is 3.31. The fourth-order valence-electron chi connectivity index (χ4n) is 4.13. The number of fused-ring (bicyclic) bond motifs is 1. The van der Waals surface area contributed by atoms with Crippen molar-refractivity contribution < 1.29 is 18.4 Å². The first-order valence-corrected chi connectivity index (χ1v) is 11.1. The van der Waals surface area contributed by atoms with Gasteiger partial charge in [-0.15, -0.1) is 9.50 Å². The van der Waals surface area contributed by atoms with E-state index in [2.05, 4.69) is 25.2 Å². The second kappa shape index (κ2) is 10.0. The summed E-state index contributed by atoms with van der Waals surface area (Å²) in [7, 11) is 5.04. The quantitative estimate of drug-likeness (QED) is 0.396. The van der Waals surface area contributed by atoms with Crippen molar-refractivity contribution >= 4 is 23.1 Å². The molecular weight excluding hydrogens is 425 g/mol. The third kappa shape index (κ3) is 5.00. The number of aromatic nitrogens is 3. The highest BCUT2D eigenvalue weighted by atomic mass is 19.1. The molecule has 0 saturated carbocycles. The highest BCUT2D eigenvalue weighted by molar-refractivity contribution is 5.97. The number of carbonyl (C=O) groups excluding carboxylic acids is 1. The second-order valence-electron chi connectivity index (χ2n) is 8.30. The van der Waals surface area contributed by atoms with Gasteiger partial charge in [-0.05, 0) is 18.6 Å². The van der Waals surface area contributed by atoms with E-state index in [1.807, 2.05) is 6.07 Å². The molecule has 0 atom stereocenters. The van der Waals surface area contributed by atoms with Gasteiger partial charge in [-0.25, -0.2) is 4.39 Å². The molecule has 176 valence electrons. The van der Waals surface area contributed by atoms with E-state index >= 15 is 0 Å². The Labute approximate surface area is 192 Å². The summed E-state index contributed by atoms with van der Waals surface area (Å²) in [6.07, 6.45) is 4.35. The van der Waals surface area contributed by atoms with Crippen LogP contribution >= 0.6 is 0 Å². The molecule has 0 spiro atoms. The van der Waals surface area contributed by atoms with Gasteiger partial charge in [0.05, 0.1) is 19.3 Å². The molecule has 1 aromatic carbocycles. The fraction of sp³-hybridized carbons (Fsp3) is 0.435. The molecule has 10 heteroatoms. The number of aromatic amines is 1. The van der Waals surface area contributed by atoms with Gasteiger partial charge in [0.2, 0.25) is 0 Å². The van der Waals surface area contributed by atoms with Crippen LogP contribution in [0, 0.1) is 5.82 Å². The topological polar surface area (TPSA) is 80.8 Å². The molecule has 1 amide bonds. The summed E-state index contributed by atoms with van der Waals surface area (Å²) in [6, 6.07) is 6.56. The summed E-state index contributed by atoms with van der Waals surface area (Å²) in [5.74, 6) is 0.903. The van der Waals surface area contributed by atoms with Gasteiger partial charge in [0, 0.05) is 65.1 Å². The number of amides is 1. The Kier molecular flexibility index (Phi) is 6.93. The number of piperazine rings is 1. The van der Waals surface area contributed by atoms with Gasteiger partial charge in [-0.3, -0.25) is 14.8 Å². The van der Waals surface area contributed by atoms with Crippen molar-refractivity contribution in [3.8, 4) is 5.75 Å². The maximum Gasteiger partial charge on any atom is 0.286 e. The number of nitrogens with one attached hydrogen (secondary N) is 2. The van der Waals surface area contributed by atoms with E-state index < -0.39 is 0 Å². The molecule has 9 nitrogen and oxygen atoms in total. The smallest absolute Gasteiger partial charge is 0.286 e. The van der Waals surface area contributed by atoms with Crippen molar-refractivity contribution in [3.63, 3.8) is 0 Å². The first-order chi connectivity index (χ1) is 16.0. The lowest BCUT2D eigenvalue weighted by molar-refractivity contribution is -0.564. The number of anilines is 2. The molecule has 0 unspecified atom stereocenters. The summed E-state index contributed by atoms with van der Waals surface area (Å²) in [5.41, 5.74) is 2.21. The predicted octanol–water partition coefficient (Wildman–Crippen LogP) is 1.62. The molecule has 0 bridgehead atoms. The van der Waals surface area contributed by atoms with Gasteiger partial charge in [-0.1, -0.05) is 0 Å². The van der Waals surface area contributed by atoms with E-state index in [4.69, 9.17) is 4.74 Å². The lowest BCUT2D eigenvalue weighted by Crippen LogP contribution is -2.47. The zero-order valence-electron chi connectivity index (χ0n) is 19.3. The van der Waals surface area contributed by atoms with Gasteiger partial charge >= 0.3 is 0 Å². The van der Waals surface area contributed by atoms with E-state index in [-0.39, 0.29) is 11.7 Å². The van der Waals surface area contributed by atoms with Crippen LogP contribution in [0.15, 0.2) is 36.7 Å². The van der Waals surface area contributed by atoms with Gasteiger partial charge < -0.3 is 19.9 Å². The Morgan fingerprint density at radius 1 is 1.27 bits per heavy atom. The summed E-state index contributed by atoms with van der Waals surface area (Å²) in [6.45, 7) is 5.25. The third-order valence-corrected chi connectivity index (χ3v) is 5.90. The lowest BCUT2D eigenvalue weighted by atomic mass is 10.2. The molecule has 1 fully saturated rings. The Hall–Kier alpha value is -3.40. The van der Waals surface area contributed by atoms with Crippen LogP contribution in [-0.4, -0.2) is 86.3 Å². The molecule has 1 aliphatic rings. The molecule has 33 heavy (non-hydrogen) atoms. The molecule has 1 aliphatic heterocycles. The molecule has 3 aromatic rings. The van der Waals surface area contributed by atoms with Crippen LogP contribution in [0.1, 0.15) is 16.8 Å². The zero-order valence-corrected chi connectivity index (χ0v) is 19.3. The van der Waals surface area contributed by atoms with E-state index in [0.29, 0.717) is 11.3 Å². The number of hydrogen-bond acceptors (Lipinski definition) is 6. The standard InChI is InChI=1S/C23H30FN7O2/c1-28(2)23(32)18-16-26-21-7-9-27-31(21)22(18)25-8-4-10-29-11-13-30(14-12-29)19-6-5-17(24)15-20(19)33-3/h5-7,9,15-16H,4,8,10-14H2,1-3H3,(H,25,26,27,32)/p+1. The summed E-state index contributed by atoms with van der Waals surface area (Å²) < 4.78 is 20.6.